The number of carbonyl (C=O) groups is 1. The minimum absolute atomic E-state index is 0.0587. The average molecular weight is 388 g/mol. The lowest BCUT2D eigenvalue weighted by Gasteiger charge is -2.12. The molecular formula is C22H17FN4O2. The molecule has 4 aromatic rings. The quantitative estimate of drug-likeness (QED) is 0.570. The fourth-order valence-corrected chi connectivity index (χ4v) is 3.13. The molecule has 0 bridgehead atoms. The number of aromatic nitrogens is 3. The van der Waals surface area contributed by atoms with Crippen LogP contribution in [0.15, 0.2) is 77.9 Å². The van der Waals surface area contributed by atoms with E-state index in [0.717, 1.165) is 15.6 Å². The molecule has 4 rings (SSSR count). The zero-order valence-electron chi connectivity index (χ0n) is 15.4. The first kappa shape index (κ1) is 18.5. The number of hydrogen-bond donors (Lipinski definition) is 1. The van der Waals surface area contributed by atoms with Gasteiger partial charge in [0.1, 0.15) is 12.4 Å². The molecule has 29 heavy (non-hydrogen) atoms. The molecule has 0 atom stereocenters. The summed E-state index contributed by atoms with van der Waals surface area (Å²) in [6.45, 7) is -0.318. The van der Waals surface area contributed by atoms with E-state index in [-0.39, 0.29) is 17.8 Å². The lowest BCUT2D eigenvalue weighted by atomic mass is 10.1. The van der Waals surface area contributed by atoms with E-state index in [0.29, 0.717) is 17.5 Å². The highest BCUT2D eigenvalue weighted by Crippen LogP contribution is 2.17. The van der Waals surface area contributed by atoms with Crippen molar-refractivity contribution >= 4 is 22.4 Å². The number of amides is 1. The van der Waals surface area contributed by atoms with E-state index in [1.165, 1.54) is 18.2 Å². The van der Waals surface area contributed by atoms with Crippen LogP contribution in [0.1, 0.15) is 11.3 Å². The van der Waals surface area contributed by atoms with E-state index in [4.69, 9.17) is 0 Å². The molecule has 0 saturated heterocycles. The topological polar surface area (TPSA) is 76.9 Å². The number of benzene rings is 2. The minimum Gasteiger partial charge on any atom is -0.322 e. The standard InChI is InChI=1S/C22H17FN4O2/c23-18-7-3-4-8-19(18)25-21(28)14-27-22(29)17-6-2-1-5-16(17)20(26-27)13-15-9-11-24-12-10-15/h1-12H,13-14H2,(H,25,28). The second-order valence-corrected chi connectivity index (χ2v) is 6.52. The summed E-state index contributed by atoms with van der Waals surface area (Å²) in [4.78, 5) is 29.2. The number of nitrogens with one attached hydrogen (secondary N) is 1. The van der Waals surface area contributed by atoms with Gasteiger partial charge in [-0.1, -0.05) is 30.3 Å². The summed E-state index contributed by atoms with van der Waals surface area (Å²) in [6, 6.07) is 16.8. The normalized spacial score (nSPS) is 10.8. The summed E-state index contributed by atoms with van der Waals surface area (Å²) in [5.41, 5.74) is 1.34. The molecule has 0 aliphatic carbocycles. The number of hydrogen-bond acceptors (Lipinski definition) is 4. The van der Waals surface area contributed by atoms with Crippen molar-refractivity contribution in [3.8, 4) is 0 Å². The van der Waals surface area contributed by atoms with E-state index in [9.17, 15) is 14.0 Å². The summed E-state index contributed by atoms with van der Waals surface area (Å²) in [5, 5.41) is 8.12. The van der Waals surface area contributed by atoms with E-state index >= 15 is 0 Å². The summed E-state index contributed by atoms with van der Waals surface area (Å²) < 4.78 is 14.9. The van der Waals surface area contributed by atoms with Crippen molar-refractivity contribution in [1.82, 2.24) is 14.8 Å². The molecular weight excluding hydrogens is 371 g/mol. The van der Waals surface area contributed by atoms with E-state index in [1.54, 1.807) is 30.6 Å². The number of pyridine rings is 1. The van der Waals surface area contributed by atoms with Gasteiger partial charge in [-0.3, -0.25) is 14.6 Å². The van der Waals surface area contributed by atoms with Crippen molar-refractivity contribution in [2.75, 3.05) is 5.32 Å². The van der Waals surface area contributed by atoms with Crippen LogP contribution in [0, 0.1) is 5.82 Å². The molecule has 2 aromatic carbocycles. The molecule has 0 radical (unpaired) electrons. The number of halogens is 1. The maximum atomic E-state index is 13.8. The first-order valence-electron chi connectivity index (χ1n) is 9.04. The second kappa shape index (κ2) is 8.02. The largest absolute Gasteiger partial charge is 0.322 e. The Morgan fingerprint density at radius 3 is 2.41 bits per heavy atom. The highest BCUT2D eigenvalue weighted by atomic mass is 19.1. The van der Waals surface area contributed by atoms with Gasteiger partial charge in [0.05, 0.1) is 16.8 Å². The SMILES string of the molecule is O=C(Cn1nc(Cc2ccncc2)c2ccccc2c1=O)Nc1ccccc1F. The third-order valence-electron chi connectivity index (χ3n) is 4.51. The first-order valence-corrected chi connectivity index (χ1v) is 9.04. The van der Waals surface area contributed by atoms with Gasteiger partial charge in [0.25, 0.3) is 5.56 Å². The predicted octanol–water partition coefficient (Wildman–Crippen LogP) is 3.16. The van der Waals surface area contributed by atoms with Gasteiger partial charge >= 0.3 is 0 Å². The van der Waals surface area contributed by atoms with E-state index in [2.05, 4.69) is 15.4 Å². The van der Waals surface area contributed by atoms with Crippen LogP contribution in [0.5, 0.6) is 0 Å². The molecule has 0 spiro atoms. The first-order chi connectivity index (χ1) is 14.1. The summed E-state index contributed by atoms with van der Waals surface area (Å²) in [6.07, 6.45) is 3.86. The third-order valence-corrected chi connectivity index (χ3v) is 4.51. The Labute approximate surface area is 165 Å². The van der Waals surface area contributed by atoms with Crippen molar-refractivity contribution in [3.05, 3.63) is 100 Å². The van der Waals surface area contributed by atoms with Crippen molar-refractivity contribution < 1.29 is 9.18 Å². The summed E-state index contributed by atoms with van der Waals surface area (Å²) in [5.74, 6) is -1.08. The van der Waals surface area contributed by atoms with Crippen molar-refractivity contribution in [3.63, 3.8) is 0 Å². The molecule has 1 amide bonds. The van der Waals surface area contributed by atoms with Gasteiger partial charge in [-0.25, -0.2) is 9.07 Å². The molecule has 0 aliphatic heterocycles. The van der Waals surface area contributed by atoms with Gasteiger partial charge in [0.2, 0.25) is 5.91 Å². The highest BCUT2D eigenvalue weighted by Gasteiger charge is 2.14. The molecule has 0 saturated carbocycles. The molecule has 1 N–H and O–H groups in total. The number of anilines is 1. The molecule has 2 aromatic heterocycles. The van der Waals surface area contributed by atoms with Crippen molar-refractivity contribution in [1.29, 1.82) is 0 Å². The predicted molar refractivity (Wildman–Crippen MR) is 108 cm³/mol. The van der Waals surface area contributed by atoms with Crippen molar-refractivity contribution in [2.24, 2.45) is 0 Å². The molecule has 0 aliphatic rings. The lowest BCUT2D eigenvalue weighted by molar-refractivity contribution is -0.117. The van der Waals surface area contributed by atoms with E-state index in [1.807, 2.05) is 24.3 Å². The number of rotatable bonds is 5. The van der Waals surface area contributed by atoms with Crippen LogP contribution >= 0.6 is 0 Å². The van der Waals surface area contributed by atoms with Crippen molar-refractivity contribution in [2.45, 2.75) is 13.0 Å². The highest BCUT2D eigenvalue weighted by molar-refractivity contribution is 5.91. The molecule has 6 nitrogen and oxygen atoms in total. The number of para-hydroxylation sites is 1. The van der Waals surface area contributed by atoms with Gasteiger partial charge in [-0.2, -0.15) is 5.10 Å². The maximum absolute atomic E-state index is 13.8. The van der Waals surface area contributed by atoms with Gasteiger partial charge in [-0.05, 0) is 35.9 Å². The van der Waals surface area contributed by atoms with Crippen LogP contribution in [0.25, 0.3) is 10.8 Å². The van der Waals surface area contributed by atoms with Crippen LogP contribution in [0.3, 0.4) is 0 Å². The lowest BCUT2D eigenvalue weighted by Crippen LogP contribution is -2.31. The Morgan fingerprint density at radius 1 is 0.966 bits per heavy atom. The zero-order valence-corrected chi connectivity index (χ0v) is 15.4. The Morgan fingerprint density at radius 2 is 1.66 bits per heavy atom. The average Bonchev–Trinajstić information content (AvgIpc) is 2.74. The van der Waals surface area contributed by atoms with Gasteiger partial charge in [0, 0.05) is 24.2 Å². The summed E-state index contributed by atoms with van der Waals surface area (Å²) in [7, 11) is 0. The van der Waals surface area contributed by atoms with Gasteiger partial charge in [-0.15, -0.1) is 0 Å². The zero-order chi connectivity index (χ0) is 20.2. The van der Waals surface area contributed by atoms with Crippen LogP contribution in [0.4, 0.5) is 10.1 Å². The van der Waals surface area contributed by atoms with Crippen LogP contribution in [0.2, 0.25) is 0 Å². The number of fused-ring (bicyclic) bond motifs is 1. The Hall–Kier alpha value is -3.87. The maximum Gasteiger partial charge on any atom is 0.275 e. The minimum atomic E-state index is -0.543. The van der Waals surface area contributed by atoms with Gasteiger partial charge < -0.3 is 5.32 Å². The Balaban J connectivity index is 1.69. The fourth-order valence-electron chi connectivity index (χ4n) is 3.13. The van der Waals surface area contributed by atoms with E-state index < -0.39 is 11.7 Å². The number of nitrogens with zero attached hydrogens (tertiary/aromatic N) is 3. The summed E-state index contributed by atoms with van der Waals surface area (Å²) >= 11 is 0. The second-order valence-electron chi connectivity index (χ2n) is 6.52. The smallest absolute Gasteiger partial charge is 0.275 e. The molecule has 0 unspecified atom stereocenters. The van der Waals surface area contributed by atoms with Crippen LogP contribution in [-0.2, 0) is 17.8 Å². The number of carbonyl (C=O) groups excluding carboxylic acids is 1. The van der Waals surface area contributed by atoms with Crippen LogP contribution in [-0.4, -0.2) is 20.7 Å². The Bertz CT molecular complexity index is 1240. The molecule has 2 heterocycles. The Kier molecular flexibility index (Phi) is 5.11. The third kappa shape index (κ3) is 4.03. The van der Waals surface area contributed by atoms with Gasteiger partial charge in [0.15, 0.2) is 0 Å². The van der Waals surface area contributed by atoms with Crippen LogP contribution < -0.4 is 10.9 Å². The molecule has 144 valence electrons. The monoisotopic (exact) mass is 388 g/mol. The molecule has 7 heteroatoms. The molecule has 0 fully saturated rings. The fraction of sp³-hybridized carbons (Fsp3) is 0.0909.